The van der Waals surface area contributed by atoms with Crippen LogP contribution < -0.4 is 5.69 Å². The average Bonchev–Trinajstić information content (AvgIpc) is 2.99. The van der Waals surface area contributed by atoms with Gasteiger partial charge in [-0.3, -0.25) is 4.57 Å². The molecule has 7 heteroatoms. The van der Waals surface area contributed by atoms with Gasteiger partial charge in [0.15, 0.2) is 5.16 Å². The number of nitrogens with one attached hydrogen (secondary N) is 1. The van der Waals surface area contributed by atoms with Crippen LogP contribution in [0.5, 0.6) is 0 Å². The molecule has 0 atom stereocenters. The van der Waals surface area contributed by atoms with Crippen LogP contribution in [-0.2, 0) is 4.79 Å². The average molecular weight is 241 g/mol. The fraction of sp³-hybridized carbons (Fsp3) is 0.444. The lowest BCUT2D eigenvalue weighted by atomic mass is 10.5. The van der Waals surface area contributed by atoms with Gasteiger partial charge in [0, 0.05) is 17.9 Å². The molecule has 0 amide bonds. The van der Waals surface area contributed by atoms with Gasteiger partial charge in [0.1, 0.15) is 0 Å². The maximum Gasteiger partial charge on any atom is 0.344 e. The summed E-state index contributed by atoms with van der Waals surface area (Å²) in [6, 6.07) is 0.275. The largest absolute Gasteiger partial charge is 0.478 e. The van der Waals surface area contributed by atoms with E-state index in [1.165, 1.54) is 17.8 Å². The van der Waals surface area contributed by atoms with Crippen LogP contribution in [0.25, 0.3) is 0 Å². The molecule has 6 nitrogen and oxygen atoms in total. The molecule has 1 saturated carbocycles. The molecular formula is C9H11N3O3S. The van der Waals surface area contributed by atoms with Crippen LogP contribution in [0.3, 0.4) is 0 Å². The smallest absolute Gasteiger partial charge is 0.344 e. The fourth-order valence-electron chi connectivity index (χ4n) is 1.32. The number of nitrogens with zero attached hydrogens (tertiary/aromatic N) is 2. The zero-order chi connectivity index (χ0) is 11.5. The van der Waals surface area contributed by atoms with E-state index >= 15 is 0 Å². The molecule has 0 aliphatic heterocycles. The number of thioether (sulfide) groups is 1. The number of aromatic amines is 1. The highest BCUT2D eigenvalue weighted by Gasteiger charge is 2.28. The third-order valence-electron chi connectivity index (χ3n) is 2.15. The quantitative estimate of drug-likeness (QED) is 0.583. The minimum atomic E-state index is -0.970. The lowest BCUT2D eigenvalue weighted by molar-refractivity contribution is -0.131. The van der Waals surface area contributed by atoms with Crippen molar-refractivity contribution >= 4 is 17.7 Å². The molecular weight excluding hydrogens is 230 g/mol. The van der Waals surface area contributed by atoms with Crippen LogP contribution in [0.4, 0.5) is 0 Å². The SMILES string of the molecule is O=C(O)/C=C/CSc1n[nH]c(=O)n1C1CC1. The number of carbonyl (C=O) groups is 1. The molecule has 0 spiro atoms. The van der Waals surface area contributed by atoms with E-state index in [1.807, 2.05) is 0 Å². The first kappa shape index (κ1) is 11.0. The van der Waals surface area contributed by atoms with Crippen LogP contribution in [0.2, 0.25) is 0 Å². The summed E-state index contributed by atoms with van der Waals surface area (Å²) in [6.07, 6.45) is 4.64. The number of carboxylic acids is 1. The van der Waals surface area contributed by atoms with Gasteiger partial charge in [-0.05, 0) is 12.8 Å². The Bertz CT molecular complexity index is 473. The van der Waals surface area contributed by atoms with Crippen LogP contribution in [0.15, 0.2) is 22.1 Å². The molecule has 2 N–H and O–H groups in total. The zero-order valence-electron chi connectivity index (χ0n) is 8.42. The van der Waals surface area contributed by atoms with Crippen molar-refractivity contribution in [3.8, 4) is 0 Å². The highest BCUT2D eigenvalue weighted by molar-refractivity contribution is 7.99. The van der Waals surface area contributed by atoms with Gasteiger partial charge in [0.25, 0.3) is 0 Å². The minimum absolute atomic E-state index is 0.188. The van der Waals surface area contributed by atoms with Gasteiger partial charge in [-0.15, -0.1) is 5.10 Å². The van der Waals surface area contributed by atoms with E-state index in [0.717, 1.165) is 18.9 Å². The first-order valence-corrected chi connectivity index (χ1v) is 5.86. The highest BCUT2D eigenvalue weighted by Crippen LogP contribution is 2.35. The van der Waals surface area contributed by atoms with Crippen molar-refractivity contribution in [1.29, 1.82) is 0 Å². The van der Waals surface area contributed by atoms with Crippen LogP contribution >= 0.6 is 11.8 Å². The van der Waals surface area contributed by atoms with E-state index in [4.69, 9.17) is 5.11 Å². The van der Waals surface area contributed by atoms with Crippen LogP contribution in [-0.4, -0.2) is 31.6 Å². The zero-order valence-corrected chi connectivity index (χ0v) is 9.24. The number of aliphatic carboxylic acids is 1. The lowest BCUT2D eigenvalue weighted by Gasteiger charge is -2.00. The third kappa shape index (κ3) is 2.54. The van der Waals surface area contributed by atoms with Gasteiger partial charge in [-0.25, -0.2) is 14.7 Å². The second-order valence-electron chi connectivity index (χ2n) is 3.46. The molecule has 0 aromatic carbocycles. The predicted molar refractivity (Wildman–Crippen MR) is 58.6 cm³/mol. The summed E-state index contributed by atoms with van der Waals surface area (Å²) in [5.41, 5.74) is -0.188. The molecule has 2 rings (SSSR count). The summed E-state index contributed by atoms with van der Waals surface area (Å²) in [4.78, 5) is 21.6. The number of carboxylic acid groups (broad SMARTS) is 1. The molecule has 16 heavy (non-hydrogen) atoms. The molecule has 1 heterocycles. The van der Waals surface area contributed by atoms with Crippen molar-refractivity contribution in [2.45, 2.75) is 24.0 Å². The van der Waals surface area contributed by atoms with Gasteiger partial charge in [-0.2, -0.15) is 0 Å². The Kier molecular flexibility index (Phi) is 3.14. The first-order valence-electron chi connectivity index (χ1n) is 4.87. The summed E-state index contributed by atoms with van der Waals surface area (Å²) in [6.45, 7) is 0. The van der Waals surface area contributed by atoms with Crippen LogP contribution in [0.1, 0.15) is 18.9 Å². The fourth-order valence-corrected chi connectivity index (χ4v) is 2.14. The lowest BCUT2D eigenvalue weighted by Crippen LogP contribution is -2.16. The van der Waals surface area contributed by atoms with Crippen molar-refractivity contribution in [2.75, 3.05) is 5.75 Å². The van der Waals surface area contributed by atoms with Crippen molar-refractivity contribution in [3.63, 3.8) is 0 Å². The van der Waals surface area contributed by atoms with E-state index in [-0.39, 0.29) is 11.7 Å². The van der Waals surface area contributed by atoms with E-state index in [2.05, 4.69) is 10.2 Å². The van der Waals surface area contributed by atoms with E-state index < -0.39 is 5.97 Å². The van der Waals surface area contributed by atoms with E-state index in [9.17, 15) is 9.59 Å². The topological polar surface area (TPSA) is 88.0 Å². The number of rotatable bonds is 5. The molecule has 1 fully saturated rings. The second kappa shape index (κ2) is 4.56. The summed E-state index contributed by atoms with van der Waals surface area (Å²) in [5, 5.41) is 15.3. The Morgan fingerprint density at radius 1 is 1.69 bits per heavy atom. The summed E-state index contributed by atoms with van der Waals surface area (Å²) in [5.74, 6) is -0.481. The standard InChI is InChI=1S/C9H11N3O3S/c13-7(14)2-1-5-16-9-11-10-8(15)12(9)6-3-4-6/h1-2,6H,3-5H2,(H,10,15)(H,13,14)/b2-1+. The van der Waals surface area contributed by atoms with Gasteiger partial charge in [0.2, 0.25) is 0 Å². The molecule has 1 aromatic heterocycles. The molecule has 0 bridgehead atoms. The molecule has 0 radical (unpaired) electrons. The third-order valence-corrected chi connectivity index (χ3v) is 3.06. The predicted octanol–water partition coefficient (Wildman–Crippen LogP) is 0.639. The number of hydrogen-bond acceptors (Lipinski definition) is 4. The second-order valence-corrected chi connectivity index (χ2v) is 4.45. The van der Waals surface area contributed by atoms with Gasteiger partial charge in [-0.1, -0.05) is 17.8 Å². The van der Waals surface area contributed by atoms with Gasteiger partial charge >= 0.3 is 11.7 Å². The summed E-state index contributed by atoms with van der Waals surface area (Å²) < 4.78 is 1.64. The Labute approximate surface area is 95.4 Å². The monoisotopic (exact) mass is 241 g/mol. The molecule has 0 saturated heterocycles. The molecule has 1 aliphatic rings. The number of H-pyrrole nitrogens is 1. The minimum Gasteiger partial charge on any atom is -0.478 e. The van der Waals surface area contributed by atoms with Crippen molar-refractivity contribution in [2.24, 2.45) is 0 Å². The maximum absolute atomic E-state index is 11.4. The Morgan fingerprint density at radius 2 is 2.44 bits per heavy atom. The number of aromatic nitrogens is 3. The molecule has 0 unspecified atom stereocenters. The molecule has 1 aliphatic carbocycles. The highest BCUT2D eigenvalue weighted by atomic mass is 32.2. The van der Waals surface area contributed by atoms with Crippen LogP contribution in [0, 0.1) is 0 Å². The van der Waals surface area contributed by atoms with Gasteiger partial charge < -0.3 is 5.11 Å². The normalized spacial score (nSPS) is 15.8. The van der Waals surface area contributed by atoms with Crippen molar-refractivity contribution in [1.82, 2.24) is 14.8 Å². The van der Waals surface area contributed by atoms with Crippen molar-refractivity contribution < 1.29 is 9.90 Å². The van der Waals surface area contributed by atoms with Crippen molar-refractivity contribution in [3.05, 3.63) is 22.6 Å². The number of hydrogen-bond donors (Lipinski definition) is 2. The Hall–Kier alpha value is -1.50. The Morgan fingerprint density at radius 3 is 3.06 bits per heavy atom. The summed E-state index contributed by atoms with van der Waals surface area (Å²) in [7, 11) is 0. The first-order chi connectivity index (χ1) is 7.68. The van der Waals surface area contributed by atoms with E-state index in [1.54, 1.807) is 4.57 Å². The van der Waals surface area contributed by atoms with Gasteiger partial charge in [0.05, 0.1) is 0 Å². The summed E-state index contributed by atoms with van der Waals surface area (Å²) >= 11 is 1.35. The molecule has 86 valence electrons. The maximum atomic E-state index is 11.4. The Balaban J connectivity index is 1.99. The van der Waals surface area contributed by atoms with E-state index in [0.29, 0.717) is 10.9 Å². The molecule has 1 aromatic rings.